The molecule has 0 atom stereocenters. The molecule has 0 aromatic rings. The molecule has 1 aliphatic heterocycles. The van der Waals surface area contributed by atoms with Crippen LogP contribution >= 0.6 is 0 Å². The van der Waals surface area contributed by atoms with Gasteiger partial charge in [0.15, 0.2) is 0 Å². The highest BCUT2D eigenvalue weighted by molar-refractivity contribution is 7.87. The van der Waals surface area contributed by atoms with Gasteiger partial charge < -0.3 is 4.90 Å². The minimum absolute atomic E-state index is 0.437. The van der Waals surface area contributed by atoms with E-state index in [1.54, 1.807) is 0 Å². The van der Waals surface area contributed by atoms with Crippen LogP contribution in [0.5, 0.6) is 0 Å². The standard InChI is InChI=1S/C7H14FNO2S/c1-2-9-5-3-7(4-6-9)12(8,10)11/h7H,2-6H2,1H3. The van der Waals surface area contributed by atoms with Gasteiger partial charge in [0.25, 0.3) is 0 Å². The molecule has 1 fully saturated rings. The summed E-state index contributed by atoms with van der Waals surface area (Å²) in [5.41, 5.74) is 0. The van der Waals surface area contributed by atoms with E-state index in [0.29, 0.717) is 25.9 Å². The predicted molar refractivity (Wildman–Crippen MR) is 45.2 cm³/mol. The van der Waals surface area contributed by atoms with Crippen molar-refractivity contribution >= 4 is 10.2 Å². The molecule has 1 heterocycles. The molecule has 1 rings (SSSR count). The zero-order valence-corrected chi connectivity index (χ0v) is 7.98. The molecule has 0 aliphatic carbocycles. The molecule has 0 aromatic carbocycles. The average Bonchev–Trinajstić information content (AvgIpc) is 2.03. The summed E-state index contributed by atoms with van der Waals surface area (Å²) in [5, 5.41) is -0.750. The van der Waals surface area contributed by atoms with Crippen LogP contribution in [0.4, 0.5) is 3.89 Å². The predicted octanol–water partition coefficient (Wildman–Crippen LogP) is 0.770. The lowest BCUT2D eigenvalue weighted by molar-refractivity contribution is 0.239. The Labute approximate surface area is 72.8 Å². The summed E-state index contributed by atoms with van der Waals surface area (Å²) in [6, 6.07) is 0. The van der Waals surface area contributed by atoms with Crippen molar-refractivity contribution in [3.05, 3.63) is 0 Å². The van der Waals surface area contributed by atoms with Crippen molar-refractivity contribution in [2.45, 2.75) is 25.0 Å². The summed E-state index contributed by atoms with van der Waals surface area (Å²) >= 11 is 0. The second-order valence-electron chi connectivity index (χ2n) is 3.11. The number of rotatable bonds is 2. The summed E-state index contributed by atoms with van der Waals surface area (Å²) in [5.74, 6) is 0. The monoisotopic (exact) mass is 195 g/mol. The van der Waals surface area contributed by atoms with Crippen LogP contribution in [0.3, 0.4) is 0 Å². The lowest BCUT2D eigenvalue weighted by Crippen LogP contribution is -2.37. The number of halogens is 1. The summed E-state index contributed by atoms with van der Waals surface area (Å²) in [6.07, 6.45) is 0.874. The fourth-order valence-corrected chi connectivity index (χ4v) is 2.28. The molecule has 0 N–H and O–H groups in total. The van der Waals surface area contributed by atoms with Crippen molar-refractivity contribution in [3.63, 3.8) is 0 Å². The fraction of sp³-hybridized carbons (Fsp3) is 1.00. The summed E-state index contributed by atoms with van der Waals surface area (Å²) in [4.78, 5) is 2.13. The Morgan fingerprint density at radius 2 is 1.92 bits per heavy atom. The highest BCUT2D eigenvalue weighted by Crippen LogP contribution is 2.18. The maximum Gasteiger partial charge on any atom is 0.305 e. The molecule has 0 spiro atoms. The van der Waals surface area contributed by atoms with E-state index in [4.69, 9.17) is 0 Å². The quantitative estimate of drug-likeness (QED) is 0.611. The Morgan fingerprint density at radius 3 is 2.25 bits per heavy atom. The molecule has 1 aliphatic rings. The van der Waals surface area contributed by atoms with E-state index in [1.165, 1.54) is 0 Å². The number of nitrogens with zero attached hydrogens (tertiary/aromatic N) is 1. The fourth-order valence-electron chi connectivity index (χ4n) is 1.51. The van der Waals surface area contributed by atoms with Gasteiger partial charge in [-0.25, -0.2) is 0 Å². The lowest BCUT2D eigenvalue weighted by atomic mass is 10.1. The first-order chi connectivity index (χ1) is 5.54. The van der Waals surface area contributed by atoms with Gasteiger partial charge in [-0.05, 0) is 32.5 Å². The van der Waals surface area contributed by atoms with Crippen LogP contribution in [0, 0.1) is 0 Å². The van der Waals surface area contributed by atoms with E-state index >= 15 is 0 Å². The van der Waals surface area contributed by atoms with E-state index in [0.717, 1.165) is 6.54 Å². The maximum absolute atomic E-state index is 12.5. The van der Waals surface area contributed by atoms with Crippen molar-refractivity contribution in [2.24, 2.45) is 0 Å². The van der Waals surface area contributed by atoms with Crippen LogP contribution in [0.2, 0.25) is 0 Å². The van der Waals surface area contributed by atoms with Crippen LogP contribution in [0.15, 0.2) is 0 Å². The van der Waals surface area contributed by atoms with Gasteiger partial charge in [-0.1, -0.05) is 6.92 Å². The molecule has 72 valence electrons. The molecule has 5 heteroatoms. The van der Waals surface area contributed by atoms with Gasteiger partial charge in [-0.3, -0.25) is 0 Å². The summed E-state index contributed by atoms with van der Waals surface area (Å²) in [7, 11) is -4.28. The molecular formula is C7H14FNO2S. The SMILES string of the molecule is CCN1CCC(S(=O)(=O)F)CC1. The Morgan fingerprint density at radius 1 is 1.42 bits per heavy atom. The second-order valence-corrected chi connectivity index (χ2v) is 4.73. The molecule has 0 unspecified atom stereocenters. The number of piperidine rings is 1. The summed E-state index contributed by atoms with van der Waals surface area (Å²) < 4.78 is 33.5. The van der Waals surface area contributed by atoms with Gasteiger partial charge in [-0.15, -0.1) is 3.89 Å². The third-order valence-corrected chi connectivity index (χ3v) is 3.65. The number of hydrogen-bond donors (Lipinski definition) is 0. The van der Waals surface area contributed by atoms with E-state index in [-0.39, 0.29) is 0 Å². The van der Waals surface area contributed by atoms with Gasteiger partial charge in [-0.2, -0.15) is 8.42 Å². The molecule has 0 amide bonds. The number of likely N-dealkylation sites (tertiary alicyclic amines) is 1. The minimum atomic E-state index is -4.28. The van der Waals surface area contributed by atoms with Crippen LogP contribution < -0.4 is 0 Å². The third kappa shape index (κ3) is 2.42. The highest BCUT2D eigenvalue weighted by atomic mass is 32.3. The zero-order chi connectivity index (χ0) is 9.19. The van der Waals surface area contributed by atoms with Crippen molar-refractivity contribution < 1.29 is 12.3 Å². The van der Waals surface area contributed by atoms with Crippen LogP contribution in [0.1, 0.15) is 19.8 Å². The first kappa shape index (κ1) is 9.92. The van der Waals surface area contributed by atoms with Gasteiger partial charge in [0.05, 0.1) is 5.25 Å². The van der Waals surface area contributed by atoms with E-state index in [9.17, 15) is 12.3 Å². The Balaban J connectivity index is 2.47. The minimum Gasteiger partial charge on any atom is -0.304 e. The maximum atomic E-state index is 12.5. The number of hydrogen-bond acceptors (Lipinski definition) is 3. The Kier molecular flexibility index (Phi) is 3.06. The van der Waals surface area contributed by atoms with Gasteiger partial charge >= 0.3 is 10.2 Å². The van der Waals surface area contributed by atoms with Crippen molar-refractivity contribution in [3.8, 4) is 0 Å². The van der Waals surface area contributed by atoms with Gasteiger partial charge in [0, 0.05) is 0 Å². The van der Waals surface area contributed by atoms with Crippen LogP contribution in [-0.2, 0) is 10.2 Å². The normalized spacial score (nSPS) is 22.8. The van der Waals surface area contributed by atoms with E-state index in [1.807, 2.05) is 6.92 Å². The Bertz CT molecular complexity index is 232. The second kappa shape index (κ2) is 3.70. The topological polar surface area (TPSA) is 37.4 Å². The molecule has 0 aromatic heterocycles. The lowest BCUT2D eigenvalue weighted by Gasteiger charge is -2.28. The first-order valence-electron chi connectivity index (χ1n) is 4.20. The van der Waals surface area contributed by atoms with Crippen LogP contribution in [-0.4, -0.2) is 38.2 Å². The Hall–Kier alpha value is -0.160. The third-order valence-electron chi connectivity index (χ3n) is 2.38. The van der Waals surface area contributed by atoms with Crippen molar-refractivity contribution in [1.29, 1.82) is 0 Å². The molecule has 0 saturated carbocycles. The molecule has 12 heavy (non-hydrogen) atoms. The smallest absolute Gasteiger partial charge is 0.304 e. The molecular weight excluding hydrogens is 181 g/mol. The van der Waals surface area contributed by atoms with Crippen molar-refractivity contribution in [1.82, 2.24) is 4.90 Å². The summed E-state index contributed by atoms with van der Waals surface area (Å²) in [6.45, 7) is 4.33. The average molecular weight is 195 g/mol. The zero-order valence-electron chi connectivity index (χ0n) is 7.16. The van der Waals surface area contributed by atoms with Crippen LogP contribution in [0.25, 0.3) is 0 Å². The molecule has 1 saturated heterocycles. The highest BCUT2D eigenvalue weighted by Gasteiger charge is 2.28. The first-order valence-corrected chi connectivity index (χ1v) is 5.64. The molecule has 3 nitrogen and oxygen atoms in total. The van der Waals surface area contributed by atoms with E-state index in [2.05, 4.69) is 4.90 Å². The van der Waals surface area contributed by atoms with Crippen molar-refractivity contribution in [2.75, 3.05) is 19.6 Å². The van der Waals surface area contributed by atoms with Gasteiger partial charge in [0.2, 0.25) is 0 Å². The molecule has 0 radical (unpaired) electrons. The van der Waals surface area contributed by atoms with E-state index < -0.39 is 15.5 Å². The molecule has 0 bridgehead atoms. The van der Waals surface area contributed by atoms with Gasteiger partial charge in [0.1, 0.15) is 0 Å². The largest absolute Gasteiger partial charge is 0.305 e.